The maximum Gasteiger partial charge on any atom is 0.225 e. The fraction of sp³-hybridized carbons (Fsp3) is 0.421. The number of nitrogens with zero attached hydrogens (tertiary/aromatic N) is 5. The molecule has 0 saturated carbocycles. The predicted molar refractivity (Wildman–Crippen MR) is 92.6 cm³/mol. The van der Waals surface area contributed by atoms with Crippen molar-refractivity contribution in [1.82, 2.24) is 14.9 Å². The smallest absolute Gasteiger partial charge is 0.225 e. The molecule has 2 aromatic rings. The van der Waals surface area contributed by atoms with Gasteiger partial charge in [-0.15, -0.1) is 0 Å². The van der Waals surface area contributed by atoms with Gasteiger partial charge in [0, 0.05) is 48.7 Å². The van der Waals surface area contributed by atoms with Crippen molar-refractivity contribution in [3.8, 4) is 6.07 Å². The summed E-state index contributed by atoms with van der Waals surface area (Å²) in [6, 6.07) is 9.49. The zero-order chi connectivity index (χ0) is 17.6. The highest BCUT2D eigenvalue weighted by Gasteiger charge is 2.45. The molecule has 0 amide bonds. The Morgan fingerprint density at radius 2 is 1.84 bits per heavy atom. The molecule has 0 N–H and O–H groups in total. The summed E-state index contributed by atoms with van der Waals surface area (Å²) in [6.07, 6.45) is 1.14. The molecule has 3 fully saturated rings. The minimum Gasteiger partial charge on any atom is -0.338 e. The molecule has 0 radical (unpaired) electrons. The van der Waals surface area contributed by atoms with Gasteiger partial charge in [0.2, 0.25) is 5.95 Å². The number of piperazine rings is 1. The number of hydrogen-bond acceptors (Lipinski definition) is 5. The van der Waals surface area contributed by atoms with Gasteiger partial charge in [-0.2, -0.15) is 5.26 Å². The van der Waals surface area contributed by atoms with Gasteiger partial charge in [0.1, 0.15) is 5.82 Å². The summed E-state index contributed by atoms with van der Waals surface area (Å²) < 4.78 is 14.2. The van der Waals surface area contributed by atoms with Crippen LogP contribution in [0.1, 0.15) is 28.9 Å². The monoisotopic (exact) mass is 337 g/mol. The number of anilines is 1. The number of rotatable bonds is 3. The van der Waals surface area contributed by atoms with Crippen molar-refractivity contribution in [3.63, 3.8) is 0 Å². The van der Waals surface area contributed by atoms with E-state index >= 15 is 0 Å². The van der Waals surface area contributed by atoms with E-state index in [1.807, 2.05) is 26.0 Å². The van der Waals surface area contributed by atoms with E-state index in [-0.39, 0.29) is 5.82 Å². The number of aryl methyl sites for hydroxylation is 2. The Kier molecular flexibility index (Phi) is 3.89. The summed E-state index contributed by atoms with van der Waals surface area (Å²) in [4.78, 5) is 13.7. The Morgan fingerprint density at radius 3 is 2.44 bits per heavy atom. The third-order valence-corrected chi connectivity index (χ3v) is 5.13. The highest BCUT2D eigenvalue weighted by molar-refractivity contribution is 5.37. The third kappa shape index (κ3) is 2.96. The molecule has 2 atom stereocenters. The molecule has 128 valence electrons. The zero-order valence-electron chi connectivity index (χ0n) is 14.4. The quantitative estimate of drug-likeness (QED) is 0.862. The van der Waals surface area contributed by atoms with Crippen LogP contribution in [0.4, 0.5) is 10.3 Å². The van der Waals surface area contributed by atoms with Gasteiger partial charge in [-0.05, 0) is 38.5 Å². The van der Waals surface area contributed by atoms with Crippen LogP contribution in [0.25, 0.3) is 0 Å². The molecule has 4 heterocycles. The van der Waals surface area contributed by atoms with Gasteiger partial charge in [-0.1, -0.05) is 6.07 Å². The average Bonchev–Trinajstić information content (AvgIpc) is 2.59. The molecular weight excluding hydrogens is 317 g/mol. The van der Waals surface area contributed by atoms with Crippen molar-refractivity contribution in [2.24, 2.45) is 0 Å². The lowest BCUT2D eigenvalue weighted by atomic mass is 9.87. The van der Waals surface area contributed by atoms with Crippen molar-refractivity contribution in [2.75, 3.05) is 18.0 Å². The molecule has 25 heavy (non-hydrogen) atoms. The Morgan fingerprint density at radius 1 is 1.16 bits per heavy atom. The first-order valence-electron chi connectivity index (χ1n) is 8.55. The molecular formula is C19H20FN5. The minimum absolute atomic E-state index is 0.293. The highest BCUT2D eigenvalue weighted by atomic mass is 19.1. The van der Waals surface area contributed by atoms with Gasteiger partial charge in [-0.25, -0.2) is 14.4 Å². The summed E-state index contributed by atoms with van der Waals surface area (Å²) in [6.45, 7) is 6.31. The van der Waals surface area contributed by atoms with Gasteiger partial charge < -0.3 is 4.90 Å². The van der Waals surface area contributed by atoms with Crippen molar-refractivity contribution in [1.29, 1.82) is 5.26 Å². The summed E-state index contributed by atoms with van der Waals surface area (Å²) in [5, 5.41) is 8.86. The summed E-state index contributed by atoms with van der Waals surface area (Å²) >= 11 is 0. The van der Waals surface area contributed by atoms with Crippen LogP contribution in [-0.2, 0) is 6.54 Å². The molecule has 2 unspecified atom stereocenters. The highest BCUT2D eigenvalue weighted by Crippen LogP contribution is 2.35. The predicted octanol–water partition coefficient (Wildman–Crippen LogP) is 2.57. The van der Waals surface area contributed by atoms with Gasteiger partial charge in [0.15, 0.2) is 0 Å². The Balaban J connectivity index is 1.46. The molecule has 1 aromatic carbocycles. The number of hydrogen-bond donors (Lipinski definition) is 0. The molecule has 0 spiro atoms. The number of halogens is 1. The molecule has 3 saturated heterocycles. The Labute approximate surface area is 146 Å². The SMILES string of the molecule is Cc1cc(C)nc(N2CC3CC(C2)N3Cc2ccc(C#N)cc2F)n1. The minimum atomic E-state index is -0.293. The van der Waals surface area contributed by atoms with Crippen LogP contribution in [0.3, 0.4) is 0 Å². The van der Waals surface area contributed by atoms with Crippen molar-refractivity contribution in [2.45, 2.75) is 38.9 Å². The normalized spacial score (nSPS) is 22.4. The number of piperidine rings is 1. The molecule has 0 aliphatic carbocycles. The van der Waals surface area contributed by atoms with Crippen LogP contribution in [0.5, 0.6) is 0 Å². The van der Waals surface area contributed by atoms with Crippen molar-refractivity contribution >= 4 is 5.95 Å². The summed E-state index contributed by atoms with van der Waals surface area (Å²) in [7, 11) is 0. The summed E-state index contributed by atoms with van der Waals surface area (Å²) in [5.74, 6) is 0.509. The van der Waals surface area contributed by atoms with Crippen LogP contribution in [0, 0.1) is 31.0 Å². The first-order valence-corrected chi connectivity index (χ1v) is 8.55. The number of fused-ring (bicyclic) bond motifs is 2. The lowest BCUT2D eigenvalue weighted by molar-refractivity contribution is -0.00975. The van der Waals surface area contributed by atoms with E-state index < -0.39 is 0 Å². The second kappa shape index (κ2) is 6.08. The van der Waals surface area contributed by atoms with E-state index in [0.717, 1.165) is 36.8 Å². The molecule has 3 aliphatic rings. The fourth-order valence-electron chi connectivity index (χ4n) is 3.90. The average molecular weight is 337 g/mol. The second-order valence-corrected chi connectivity index (χ2v) is 6.99. The van der Waals surface area contributed by atoms with Crippen LogP contribution in [0.15, 0.2) is 24.3 Å². The third-order valence-electron chi connectivity index (χ3n) is 5.13. The topological polar surface area (TPSA) is 56.1 Å². The van der Waals surface area contributed by atoms with Gasteiger partial charge >= 0.3 is 0 Å². The Bertz CT molecular complexity index is 827. The zero-order valence-corrected chi connectivity index (χ0v) is 14.4. The van der Waals surface area contributed by atoms with Gasteiger partial charge in [-0.3, -0.25) is 4.90 Å². The van der Waals surface area contributed by atoms with Crippen LogP contribution < -0.4 is 4.90 Å². The van der Waals surface area contributed by atoms with E-state index in [2.05, 4.69) is 19.8 Å². The molecule has 1 aromatic heterocycles. The van der Waals surface area contributed by atoms with E-state index in [9.17, 15) is 4.39 Å². The lowest BCUT2D eigenvalue weighted by Gasteiger charge is -2.56. The number of aromatic nitrogens is 2. The van der Waals surface area contributed by atoms with Crippen LogP contribution in [0.2, 0.25) is 0 Å². The van der Waals surface area contributed by atoms with E-state index in [1.54, 1.807) is 12.1 Å². The number of benzene rings is 1. The molecule has 2 bridgehead atoms. The molecule has 3 aliphatic heterocycles. The van der Waals surface area contributed by atoms with Crippen LogP contribution >= 0.6 is 0 Å². The van der Waals surface area contributed by atoms with E-state index in [0.29, 0.717) is 29.8 Å². The fourth-order valence-corrected chi connectivity index (χ4v) is 3.90. The summed E-state index contributed by atoms with van der Waals surface area (Å²) in [5.41, 5.74) is 2.99. The van der Waals surface area contributed by atoms with Gasteiger partial charge in [0.05, 0.1) is 11.6 Å². The van der Waals surface area contributed by atoms with Crippen LogP contribution in [-0.4, -0.2) is 40.0 Å². The molecule has 6 heteroatoms. The van der Waals surface area contributed by atoms with Crippen molar-refractivity contribution in [3.05, 3.63) is 52.6 Å². The second-order valence-electron chi connectivity index (χ2n) is 6.99. The molecule has 5 nitrogen and oxygen atoms in total. The Hall–Kier alpha value is -2.52. The largest absolute Gasteiger partial charge is 0.338 e. The first-order chi connectivity index (χ1) is 12.0. The van der Waals surface area contributed by atoms with E-state index in [4.69, 9.17) is 5.26 Å². The van der Waals surface area contributed by atoms with Gasteiger partial charge in [0.25, 0.3) is 0 Å². The molecule has 5 rings (SSSR count). The number of nitriles is 1. The first kappa shape index (κ1) is 16.0. The van der Waals surface area contributed by atoms with E-state index in [1.165, 1.54) is 6.07 Å². The maximum absolute atomic E-state index is 14.2. The standard InChI is InChI=1S/C19H20FN5/c1-12-5-13(2)23-19(22-12)24-10-16-7-17(11-24)25(16)9-15-4-3-14(8-21)6-18(15)20/h3-6,16-17H,7,9-11H2,1-2H3. The lowest BCUT2D eigenvalue weighted by Crippen LogP contribution is -2.68. The van der Waals surface area contributed by atoms with Crippen molar-refractivity contribution < 1.29 is 4.39 Å². The maximum atomic E-state index is 14.2.